The van der Waals surface area contributed by atoms with Crippen LogP contribution in [0.3, 0.4) is 0 Å². The van der Waals surface area contributed by atoms with Crippen LogP contribution >= 0.6 is 69.1 Å². The summed E-state index contributed by atoms with van der Waals surface area (Å²) in [6.45, 7) is 0. The molecule has 2 rings (SSSR count). The van der Waals surface area contributed by atoms with Crippen LogP contribution in [0.5, 0.6) is 0 Å². The lowest BCUT2D eigenvalue weighted by Gasteiger charge is -1.91. The van der Waals surface area contributed by atoms with Crippen molar-refractivity contribution in [1.29, 1.82) is 0 Å². The fraction of sp³-hybridized carbons (Fsp3) is 0. The predicted molar refractivity (Wildman–Crippen MR) is 74.5 cm³/mol. The molecule has 12 heavy (non-hydrogen) atoms. The van der Waals surface area contributed by atoms with Gasteiger partial charge in [-0.15, -0.1) is 24.0 Å². The van der Waals surface area contributed by atoms with E-state index in [0.717, 1.165) is 4.90 Å². The fourth-order valence-electron chi connectivity index (χ4n) is 1.03. The number of hydrogen-bond donors (Lipinski definition) is 1. The summed E-state index contributed by atoms with van der Waals surface area (Å²) in [6.07, 6.45) is 0. The summed E-state index contributed by atoms with van der Waals surface area (Å²) in [7, 11) is 0. The van der Waals surface area contributed by atoms with Crippen LogP contribution in [-0.2, 0) is 0 Å². The smallest absolute Gasteiger partial charge is 0.0799 e. The summed E-state index contributed by atoms with van der Waals surface area (Å²) in [5, 5.41) is 1.33. The van der Waals surface area contributed by atoms with Crippen molar-refractivity contribution in [1.82, 2.24) is 0 Å². The van der Waals surface area contributed by atoms with E-state index in [9.17, 15) is 0 Å². The first-order valence-electron chi connectivity index (χ1n) is 3.25. The van der Waals surface area contributed by atoms with Gasteiger partial charge in [0.2, 0.25) is 0 Å². The standard InChI is InChI=1S/C8H4I2S2/c9-7-5-3-4(11)1-2-6(5)12-8(7)10/h1-3,11H. The van der Waals surface area contributed by atoms with E-state index in [2.05, 4.69) is 69.9 Å². The molecule has 1 aromatic heterocycles. The van der Waals surface area contributed by atoms with Crippen LogP contribution in [-0.4, -0.2) is 0 Å². The Morgan fingerprint density at radius 2 is 2.00 bits per heavy atom. The highest BCUT2D eigenvalue weighted by atomic mass is 127. The quantitative estimate of drug-likeness (QED) is 0.476. The van der Waals surface area contributed by atoms with Gasteiger partial charge in [-0.3, -0.25) is 0 Å². The van der Waals surface area contributed by atoms with E-state index in [1.54, 1.807) is 0 Å². The van der Waals surface area contributed by atoms with Gasteiger partial charge in [-0.25, -0.2) is 0 Å². The summed E-state index contributed by atoms with van der Waals surface area (Å²) in [4.78, 5) is 1.04. The van der Waals surface area contributed by atoms with E-state index >= 15 is 0 Å². The molecular weight excluding hydrogens is 414 g/mol. The average molecular weight is 418 g/mol. The minimum atomic E-state index is 1.04. The van der Waals surface area contributed by atoms with Crippen molar-refractivity contribution in [3.63, 3.8) is 0 Å². The number of thiol groups is 1. The molecule has 4 heteroatoms. The maximum atomic E-state index is 4.32. The van der Waals surface area contributed by atoms with Gasteiger partial charge in [-0.05, 0) is 63.4 Å². The lowest BCUT2D eigenvalue weighted by Crippen LogP contribution is -1.69. The molecule has 0 nitrogen and oxygen atoms in total. The number of fused-ring (bicyclic) bond motifs is 1. The molecule has 0 unspecified atom stereocenters. The van der Waals surface area contributed by atoms with Crippen molar-refractivity contribution in [2.24, 2.45) is 0 Å². The van der Waals surface area contributed by atoms with Gasteiger partial charge in [0.05, 0.1) is 2.88 Å². The Morgan fingerprint density at radius 1 is 1.25 bits per heavy atom. The highest BCUT2D eigenvalue weighted by molar-refractivity contribution is 14.1. The second-order valence-corrected chi connectivity index (χ2v) is 6.83. The lowest BCUT2D eigenvalue weighted by atomic mass is 10.3. The van der Waals surface area contributed by atoms with E-state index in [0.29, 0.717) is 0 Å². The number of benzene rings is 1. The summed E-state index contributed by atoms with van der Waals surface area (Å²) >= 11 is 10.9. The zero-order valence-corrected chi connectivity index (χ0v) is 11.9. The molecule has 0 radical (unpaired) electrons. The van der Waals surface area contributed by atoms with Crippen LogP contribution < -0.4 is 0 Å². The van der Waals surface area contributed by atoms with Crippen molar-refractivity contribution in [2.75, 3.05) is 0 Å². The van der Waals surface area contributed by atoms with Gasteiger partial charge in [0.15, 0.2) is 0 Å². The number of thiophene rings is 1. The molecule has 2 aromatic rings. The first-order valence-corrected chi connectivity index (χ1v) is 6.67. The molecule has 0 saturated carbocycles. The Balaban J connectivity index is 2.88. The molecule has 0 saturated heterocycles. The minimum absolute atomic E-state index is 1.04. The van der Waals surface area contributed by atoms with Crippen molar-refractivity contribution in [2.45, 2.75) is 4.90 Å². The molecule has 0 bridgehead atoms. The van der Waals surface area contributed by atoms with E-state index in [-0.39, 0.29) is 0 Å². The van der Waals surface area contributed by atoms with Gasteiger partial charge in [0.25, 0.3) is 0 Å². The van der Waals surface area contributed by atoms with Gasteiger partial charge in [-0.1, -0.05) is 0 Å². The van der Waals surface area contributed by atoms with Crippen molar-refractivity contribution < 1.29 is 0 Å². The van der Waals surface area contributed by atoms with Crippen LogP contribution in [0.1, 0.15) is 0 Å². The monoisotopic (exact) mass is 418 g/mol. The van der Waals surface area contributed by atoms with E-state index < -0.39 is 0 Å². The van der Waals surface area contributed by atoms with Crippen LogP contribution in [0.15, 0.2) is 23.1 Å². The van der Waals surface area contributed by atoms with E-state index in [1.165, 1.54) is 16.5 Å². The number of hydrogen-bond acceptors (Lipinski definition) is 2. The minimum Gasteiger partial charge on any atom is -0.143 e. The Labute approximate surface area is 107 Å². The van der Waals surface area contributed by atoms with Crippen LogP contribution in [0.2, 0.25) is 0 Å². The summed E-state index contributed by atoms with van der Waals surface area (Å²) in [5.41, 5.74) is 0. The number of rotatable bonds is 0. The highest BCUT2D eigenvalue weighted by Crippen LogP contribution is 2.34. The maximum Gasteiger partial charge on any atom is 0.0799 e. The third-order valence-electron chi connectivity index (χ3n) is 1.57. The topological polar surface area (TPSA) is 0 Å². The molecule has 0 aliphatic heterocycles. The average Bonchev–Trinajstić information content (AvgIpc) is 2.31. The van der Waals surface area contributed by atoms with Crippen molar-refractivity contribution >= 4 is 79.2 Å². The van der Waals surface area contributed by atoms with Gasteiger partial charge in [0.1, 0.15) is 0 Å². The normalized spacial score (nSPS) is 10.9. The van der Waals surface area contributed by atoms with E-state index in [1.807, 2.05) is 17.4 Å². The Kier molecular flexibility index (Phi) is 2.88. The van der Waals surface area contributed by atoms with Gasteiger partial charge in [-0.2, -0.15) is 0 Å². The predicted octanol–water partition coefficient (Wildman–Crippen LogP) is 4.40. The first-order chi connectivity index (χ1) is 5.68. The fourth-order valence-corrected chi connectivity index (χ4v) is 3.99. The molecule has 0 amide bonds. The van der Waals surface area contributed by atoms with E-state index in [4.69, 9.17) is 0 Å². The molecule has 1 heterocycles. The molecule has 0 fully saturated rings. The van der Waals surface area contributed by atoms with Gasteiger partial charge < -0.3 is 0 Å². The molecule has 0 aliphatic rings. The highest BCUT2D eigenvalue weighted by Gasteiger charge is 2.06. The maximum absolute atomic E-state index is 4.32. The molecule has 1 aromatic carbocycles. The second kappa shape index (κ2) is 3.62. The largest absolute Gasteiger partial charge is 0.143 e. The summed E-state index contributed by atoms with van der Waals surface area (Å²) < 4.78 is 4.06. The first kappa shape index (κ1) is 9.54. The molecule has 62 valence electrons. The SMILES string of the molecule is Sc1ccc2sc(I)c(I)c2c1. The summed E-state index contributed by atoms with van der Waals surface area (Å²) in [5.74, 6) is 0. The van der Waals surface area contributed by atoms with Gasteiger partial charge >= 0.3 is 0 Å². The van der Waals surface area contributed by atoms with Crippen molar-refractivity contribution in [3.05, 3.63) is 24.7 Å². The molecule has 0 N–H and O–H groups in total. The molecule has 0 atom stereocenters. The molecule has 0 aliphatic carbocycles. The molecular formula is C8H4I2S2. The molecule has 0 spiro atoms. The zero-order valence-electron chi connectivity index (χ0n) is 5.84. The number of halogens is 2. The van der Waals surface area contributed by atoms with Gasteiger partial charge in [0, 0.05) is 18.6 Å². The van der Waals surface area contributed by atoms with Crippen molar-refractivity contribution in [3.8, 4) is 0 Å². The zero-order chi connectivity index (χ0) is 8.72. The Bertz CT molecular complexity index is 434. The summed E-state index contributed by atoms with van der Waals surface area (Å²) in [6, 6.07) is 6.29. The van der Waals surface area contributed by atoms with Crippen LogP contribution in [0.4, 0.5) is 0 Å². The Morgan fingerprint density at radius 3 is 2.75 bits per heavy atom. The van der Waals surface area contributed by atoms with Crippen LogP contribution in [0.25, 0.3) is 10.1 Å². The lowest BCUT2D eigenvalue weighted by molar-refractivity contribution is 1.54. The Hall–Kier alpha value is 0.990. The third-order valence-corrected chi connectivity index (χ3v) is 6.53. The second-order valence-electron chi connectivity index (χ2n) is 2.37. The third kappa shape index (κ3) is 1.62. The van der Waals surface area contributed by atoms with Crippen LogP contribution in [0, 0.1) is 6.45 Å².